The fraction of sp³-hybridized carbons (Fsp3) is 0.316. The van der Waals surface area contributed by atoms with E-state index in [1.54, 1.807) is 18.2 Å². The van der Waals surface area contributed by atoms with Crippen molar-refractivity contribution in [3.63, 3.8) is 0 Å². The molecule has 0 fully saturated rings. The molecule has 0 saturated carbocycles. The van der Waals surface area contributed by atoms with E-state index in [4.69, 9.17) is 9.47 Å². The van der Waals surface area contributed by atoms with Crippen molar-refractivity contribution >= 4 is 23.6 Å². The van der Waals surface area contributed by atoms with Crippen LogP contribution < -0.4 is 4.74 Å². The molecule has 1 aliphatic heterocycles. The summed E-state index contributed by atoms with van der Waals surface area (Å²) < 4.78 is 10.4. The molecule has 0 aliphatic carbocycles. The number of cyclic esters (lactones) is 1. The summed E-state index contributed by atoms with van der Waals surface area (Å²) in [5.74, 6) is -2.39. The van der Waals surface area contributed by atoms with E-state index in [0.29, 0.717) is 6.61 Å². The van der Waals surface area contributed by atoms with Gasteiger partial charge in [0.2, 0.25) is 0 Å². The monoisotopic (exact) mass is 328 g/mol. The molecule has 1 heterocycles. The maximum Gasteiger partial charge on any atom is 0.329 e. The minimum atomic E-state index is -1.40. The van der Waals surface area contributed by atoms with E-state index in [9.17, 15) is 14.4 Å². The van der Waals surface area contributed by atoms with Crippen molar-refractivity contribution in [1.29, 1.82) is 0 Å². The Bertz CT molecular complexity index is 682. The van der Waals surface area contributed by atoms with Gasteiger partial charge in [-0.25, -0.2) is 0 Å². The van der Waals surface area contributed by atoms with Gasteiger partial charge in [0.05, 0.1) is 6.61 Å². The highest BCUT2D eigenvalue weighted by molar-refractivity contribution is 6.25. The quantitative estimate of drug-likeness (QED) is 0.333. The number of benzene rings is 1. The summed E-state index contributed by atoms with van der Waals surface area (Å²) in [5.41, 5.74) is 0.773. The van der Waals surface area contributed by atoms with E-state index in [2.05, 4.69) is 6.92 Å². The van der Waals surface area contributed by atoms with Crippen LogP contribution in [0.2, 0.25) is 0 Å². The van der Waals surface area contributed by atoms with Crippen LogP contribution in [-0.2, 0) is 19.1 Å². The van der Waals surface area contributed by atoms with Crippen LogP contribution in [0.25, 0.3) is 6.08 Å². The zero-order chi connectivity index (χ0) is 17.5. The van der Waals surface area contributed by atoms with Gasteiger partial charge in [-0.1, -0.05) is 31.6 Å². The highest BCUT2D eigenvalue weighted by Crippen LogP contribution is 2.17. The molecule has 1 aliphatic rings. The first-order valence-electron chi connectivity index (χ1n) is 7.90. The van der Waals surface area contributed by atoms with Gasteiger partial charge in [-0.05, 0) is 37.1 Å². The van der Waals surface area contributed by atoms with E-state index in [-0.39, 0.29) is 5.76 Å². The van der Waals surface area contributed by atoms with E-state index in [0.717, 1.165) is 24.2 Å². The first-order chi connectivity index (χ1) is 11.5. The molecule has 0 aromatic heterocycles. The zero-order valence-electron chi connectivity index (χ0n) is 13.8. The average molecular weight is 328 g/mol. The molecule has 0 N–H and O–H groups in total. The number of carbonyl (C=O) groups is 3. The van der Waals surface area contributed by atoms with Crippen molar-refractivity contribution in [2.45, 2.75) is 26.7 Å². The van der Waals surface area contributed by atoms with Gasteiger partial charge >= 0.3 is 5.97 Å². The summed E-state index contributed by atoms with van der Waals surface area (Å²) >= 11 is 0. The average Bonchev–Trinajstić information content (AvgIpc) is 2.53. The fourth-order valence-electron chi connectivity index (χ4n) is 2.19. The highest BCUT2D eigenvalue weighted by atomic mass is 16.5. The standard InChI is InChI=1S/C19H20O5/c1-3-4-11-23-15-8-5-14(6-9-15)7-10-16(20)18-17(21)12-13(2)24-19(18)22/h5-10,12,18H,3-4,11H2,1-2H3. The summed E-state index contributed by atoms with van der Waals surface area (Å²) in [7, 11) is 0. The molecular formula is C19H20O5. The van der Waals surface area contributed by atoms with Gasteiger partial charge in [0.25, 0.3) is 0 Å². The summed E-state index contributed by atoms with van der Waals surface area (Å²) in [6.07, 6.45) is 6.02. The van der Waals surface area contributed by atoms with Crippen LogP contribution in [0.4, 0.5) is 0 Å². The fourth-order valence-corrected chi connectivity index (χ4v) is 2.19. The van der Waals surface area contributed by atoms with Gasteiger partial charge in [0.15, 0.2) is 17.5 Å². The normalized spacial score (nSPS) is 17.6. The smallest absolute Gasteiger partial charge is 0.329 e. The lowest BCUT2D eigenvalue weighted by Crippen LogP contribution is -2.34. The van der Waals surface area contributed by atoms with E-state index in [1.807, 2.05) is 12.1 Å². The molecule has 0 spiro atoms. The number of ether oxygens (including phenoxy) is 2. The SMILES string of the molecule is CCCCOc1ccc(C=CC(=O)C2C(=O)C=C(C)OC2=O)cc1. The van der Waals surface area contributed by atoms with Crippen LogP contribution in [0.5, 0.6) is 5.75 Å². The van der Waals surface area contributed by atoms with E-state index in [1.165, 1.54) is 19.1 Å². The first kappa shape index (κ1) is 17.7. The Morgan fingerprint density at radius 3 is 2.58 bits per heavy atom. The lowest BCUT2D eigenvalue weighted by molar-refractivity contribution is -0.151. The van der Waals surface area contributed by atoms with Crippen LogP contribution in [0, 0.1) is 5.92 Å². The maximum absolute atomic E-state index is 12.1. The van der Waals surface area contributed by atoms with Crippen LogP contribution in [0.15, 0.2) is 42.2 Å². The van der Waals surface area contributed by atoms with Crippen molar-refractivity contribution in [3.8, 4) is 5.75 Å². The Morgan fingerprint density at radius 2 is 1.96 bits per heavy atom. The zero-order valence-corrected chi connectivity index (χ0v) is 13.8. The molecule has 0 radical (unpaired) electrons. The third-order valence-corrected chi connectivity index (χ3v) is 3.50. The second kappa shape index (κ2) is 8.24. The Morgan fingerprint density at radius 1 is 1.25 bits per heavy atom. The Kier molecular flexibility index (Phi) is 6.07. The van der Waals surface area contributed by atoms with Crippen LogP contribution >= 0.6 is 0 Å². The molecule has 5 nitrogen and oxygen atoms in total. The van der Waals surface area contributed by atoms with Gasteiger partial charge in [0, 0.05) is 6.08 Å². The number of allylic oxidation sites excluding steroid dienone is 3. The Balaban J connectivity index is 1.98. The number of rotatable bonds is 7. The predicted molar refractivity (Wildman–Crippen MR) is 89.2 cm³/mol. The molecule has 0 saturated heterocycles. The first-order valence-corrected chi connectivity index (χ1v) is 7.90. The molecule has 0 bridgehead atoms. The molecule has 1 aromatic rings. The molecule has 0 amide bonds. The molecule has 1 atom stereocenters. The minimum Gasteiger partial charge on any atom is -0.494 e. The molecule has 1 unspecified atom stereocenters. The third-order valence-electron chi connectivity index (χ3n) is 3.50. The largest absolute Gasteiger partial charge is 0.494 e. The summed E-state index contributed by atoms with van der Waals surface area (Å²) in [6.45, 7) is 4.26. The van der Waals surface area contributed by atoms with Crippen molar-refractivity contribution in [1.82, 2.24) is 0 Å². The number of carbonyl (C=O) groups excluding carboxylic acids is 3. The van der Waals surface area contributed by atoms with E-state index >= 15 is 0 Å². The lowest BCUT2D eigenvalue weighted by atomic mass is 9.96. The van der Waals surface area contributed by atoms with Crippen molar-refractivity contribution in [2.24, 2.45) is 5.92 Å². The van der Waals surface area contributed by atoms with Crippen LogP contribution in [0.1, 0.15) is 32.3 Å². The third kappa shape index (κ3) is 4.65. The molecule has 2 rings (SSSR count). The van der Waals surface area contributed by atoms with Gasteiger partial charge in [-0.15, -0.1) is 0 Å². The molecule has 126 valence electrons. The number of esters is 1. The lowest BCUT2D eigenvalue weighted by Gasteiger charge is -2.15. The predicted octanol–water partition coefficient (Wildman–Crippen LogP) is 3.09. The van der Waals surface area contributed by atoms with Crippen LogP contribution in [-0.4, -0.2) is 24.1 Å². The second-order valence-electron chi connectivity index (χ2n) is 5.52. The molecule has 24 heavy (non-hydrogen) atoms. The topological polar surface area (TPSA) is 69.7 Å². The number of unbranched alkanes of at least 4 members (excludes halogenated alkanes) is 1. The van der Waals surface area contributed by atoms with Gasteiger partial charge in [0.1, 0.15) is 11.5 Å². The Labute approximate surface area is 141 Å². The summed E-state index contributed by atoms with van der Waals surface area (Å²) in [6, 6.07) is 7.23. The minimum absolute atomic E-state index is 0.205. The Hall–Kier alpha value is -2.69. The van der Waals surface area contributed by atoms with Crippen molar-refractivity contribution < 1.29 is 23.9 Å². The van der Waals surface area contributed by atoms with Crippen molar-refractivity contribution in [3.05, 3.63) is 47.7 Å². The second-order valence-corrected chi connectivity index (χ2v) is 5.52. The molecular weight excluding hydrogens is 308 g/mol. The molecule has 5 heteroatoms. The number of hydrogen-bond acceptors (Lipinski definition) is 5. The van der Waals surface area contributed by atoms with Crippen molar-refractivity contribution in [2.75, 3.05) is 6.61 Å². The van der Waals surface area contributed by atoms with Gasteiger partial charge in [-0.2, -0.15) is 0 Å². The maximum atomic E-state index is 12.1. The van der Waals surface area contributed by atoms with Gasteiger partial charge in [-0.3, -0.25) is 14.4 Å². The summed E-state index contributed by atoms with van der Waals surface area (Å²) in [4.78, 5) is 35.5. The highest BCUT2D eigenvalue weighted by Gasteiger charge is 2.36. The number of hydrogen-bond donors (Lipinski definition) is 0. The van der Waals surface area contributed by atoms with Gasteiger partial charge < -0.3 is 9.47 Å². The van der Waals surface area contributed by atoms with E-state index < -0.39 is 23.5 Å². The molecule has 1 aromatic carbocycles. The number of ketones is 2. The summed E-state index contributed by atoms with van der Waals surface area (Å²) in [5, 5.41) is 0. The van der Waals surface area contributed by atoms with Crippen LogP contribution in [0.3, 0.4) is 0 Å².